The van der Waals surface area contributed by atoms with Gasteiger partial charge in [0.15, 0.2) is 0 Å². The van der Waals surface area contributed by atoms with E-state index in [0.29, 0.717) is 5.95 Å². The SMILES string of the molecule is Cc1sc2nc(N)nn2c1-c1cc[nH]c1. The summed E-state index contributed by atoms with van der Waals surface area (Å²) in [7, 11) is 0. The highest BCUT2D eigenvalue weighted by atomic mass is 32.1. The van der Waals surface area contributed by atoms with Gasteiger partial charge < -0.3 is 10.7 Å². The average molecular weight is 219 g/mol. The number of fused-ring (bicyclic) bond motifs is 1. The molecule has 3 heterocycles. The van der Waals surface area contributed by atoms with E-state index in [9.17, 15) is 0 Å². The molecule has 76 valence electrons. The molecule has 0 saturated carbocycles. The van der Waals surface area contributed by atoms with Crippen molar-refractivity contribution >= 4 is 22.2 Å². The van der Waals surface area contributed by atoms with Crippen LogP contribution in [0.15, 0.2) is 18.5 Å². The first-order chi connectivity index (χ1) is 7.25. The largest absolute Gasteiger partial charge is 0.367 e. The monoisotopic (exact) mass is 219 g/mol. The van der Waals surface area contributed by atoms with Gasteiger partial charge >= 0.3 is 0 Å². The van der Waals surface area contributed by atoms with Gasteiger partial charge in [0.2, 0.25) is 10.9 Å². The first-order valence-electron chi connectivity index (χ1n) is 4.50. The van der Waals surface area contributed by atoms with Gasteiger partial charge in [-0.15, -0.1) is 5.10 Å². The molecule has 0 fully saturated rings. The molecule has 0 bridgehead atoms. The van der Waals surface area contributed by atoms with Gasteiger partial charge in [0.1, 0.15) is 0 Å². The lowest BCUT2D eigenvalue weighted by molar-refractivity contribution is 0.988. The summed E-state index contributed by atoms with van der Waals surface area (Å²) in [6.45, 7) is 2.06. The topological polar surface area (TPSA) is 72.0 Å². The minimum atomic E-state index is 0.318. The molecule has 3 rings (SSSR count). The van der Waals surface area contributed by atoms with Crippen molar-refractivity contribution in [1.82, 2.24) is 19.6 Å². The molecule has 0 saturated heterocycles. The molecule has 0 aliphatic rings. The van der Waals surface area contributed by atoms with Crippen LogP contribution in [0, 0.1) is 6.92 Å². The Hall–Kier alpha value is -1.82. The second-order valence-corrected chi connectivity index (χ2v) is 4.45. The Balaban J connectivity index is 2.37. The highest BCUT2D eigenvalue weighted by Crippen LogP contribution is 2.30. The Morgan fingerprint density at radius 1 is 1.53 bits per heavy atom. The fourth-order valence-corrected chi connectivity index (χ4v) is 2.59. The number of anilines is 1. The molecule has 6 heteroatoms. The number of H-pyrrole nitrogens is 1. The van der Waals surface area contributed by atoms with Crippen molar-refractivity contribution in [2.75, 3.05) is 5.73 Å². The molecular formula is C9H9N5S. The molecule has 3 aromatic rings. The van der Waals surface area contributed by atoms with Crippen LogP contribution in [0.25, 0.3) is 16.2 Å². The summed E-state index contributed by atoms with van der Waals surface area (Å²) in [6, 6.07) is 2.01. The number of aromatic amines is 1. The van der Waals surface area contributed by atoms with Crippen LogP contribution in [-0.4, -0.2) is 19.6 Å². The Labute approximate surface area is 89.6 Å². The number of aromatic nitrogens is 4. The van der Waals surface area contributed by atoms with E-state index >= 15 is 0 Å². The van der Waals surface area contributed by atoms with Gasteiger partial charge in [-0.3, -0.25) is 0 Å². The van der Waals surface area contributed by atoms with Crippen molar-refractivity contribution < 1.29 is 0 Å². The van der Waals surface area contributed by atoms with Crippen molar-refractivity contribution in [1.29, 1.82) is 0 Å². The van der Waals surface area contributed by atoms with E-state index in [0.717, 1.165) is 16.2 Å². The summed E-state index contributed by atoms with van der Waals surface area (Å²) in [6.07, 6.45) is 3.82. The van der Waals surface area contributed by atoms with Crippen molar-refractivity contribution in [3.63, 3.8) is 0 Å². The number of hydrogen-bond donors (Lipinski definition) is 2. The Morgan fingerprint density at radius 3 is 3.13 bits per heavy atom. The van der Waals surface area contributed by atoms with Gasteiger partial charge in [-0.25, -0.2) is 4.52 Å². The molecular weight excluding hydrogens is 210 g/mol. The van der Waals surface area contributed by atoms with Crippen LogP contribution in [-0.2, 0) is 0 Å². The van der Waals surface area contributed by atoms with Crippen LogP contribution in [0.5, 0.6) is 0 Å². The zero-order valence-corrected chi connectivity index (χ0v) is 8.88. The van der Waals surface area contributed by atoms with E-state index in [-0.39, 0.29) is 0 Å². The lowest BCUT2D eigenvalue weighted by atomic mass is 10.2. The molecule has 0 radical (unpaired) electrons. The van der Waals surface area contributed by atoms with Crippen LogP contribution in [0.1, 0.15) is 4.88 Å². The fourth-order valence-electron chi connectivity index (χ4n) is 1.66. The van der Waals surface area contributed by atoms with E-state index < -0.39 is 0 Å². The average Bonchev–Trinajstić information content (AvgIpc) is 2.80. The van der Waals surface area contributed by atoms with Gasteiger partial charge in [0.25, 0.3) is 0 Å². The first kappa shape index (κ1) is 8.49. The van der Waals surface area contributed by atoms with Crippen molar-refractivity contribution in [2.24, 2.45) is 0 Å². The van der Waals surface area contributed by atoms with E-state index in [2.05, 4.69) is 22.0 Å². The zero-order chi connectivity index (χ0) is 10.4. The van der Waals surface area contributed by atoms with Gasteiger partial charge in [0, 0.05) is 22.8 Å². The van der Waals surface area contributed by atoms with Gasteiger partial charge in [0.05, 0.1) is 5.69 Å². The maximum Gasteiger partial charge on any atom is 0.241 e. The minimum absolute atomic E-state index is 0.318. The van der Waals surface area contributed by atoms with E-state index in [1.165, 1.54) is 4.88 Å². The van der Waals surface area contributed by atoms with Crippen LogP contribution < -0.4 is 5.73 Å². The lowest BCUT2D eigenvalue weighted by Crippen LogP contribution is -1.91. The Bertz CT molecular complexity index is 604. The maximum absolute atomic E-state index is 5.56. The number of nitrogens with one attached hydrogen (secondary N) is 1. The second kappa shape index (κ2) is 2.83. The summed E-state index contributed by atoms with van der Waals surface area (Å²) in [5.74, 6) is 0.318. The highest BCUT2D eigenvalue weighted by molar-refractivity contribution is 7.17. The van der Waals surface area contributed by atoms with Gasteiger partial charge in [-0.05, 0) is 13.0 Å². The van der Waals surface area contributed by atoms with Crippen LogP contribution in [0.3, 0.4) is 0 Å². The molecule has 15 heavy (non-hydrogen) atoms. The smallest absolute Gasteiger partial charge is 0.241 e. The summed E-state index contributed by atoms with van der Waals surface area (Å²) >= 11 is 1.59. The number of hydrogen-bond acceptors (Lipinski definition) is 4. The molecule has 3 N–H and O–H groups in total. The third kappa shape index (κ3) is 1.15. The van der Waals surface area contributed by atoms with Crippen LogP contribution in [0.2, 0.25) is 0 Å². The van der Waals surface area contributed by atoms with E-state index in [1.807, 2.05) is 18.5 Å². The lowest BCUT2D eigenvalue weighted by Gasteiger charge is -1.95. The van der Waals surface area contributed by atoms with Crippen molar-refractivity contribution in [3.8, 4) is 11.3 Å². The summed E-state index contributed by atoms with van der Waals surface area (Å²) < 4.78 is 1.79. The molecule has 0 aliphatic heterocycles. The quantitative estimate of drug-likeness (QED) is 0.654. The van der Waals surface area contributed by atoms with Gasteiger partial charge in [-0.1, -0.05) is 11.3 Å². The maximum atomic E-state index is 5.56. The highest BCUT2D eigenvalue weighted by Gasteiger charge is 2.14. The zero-order valence-electron chi connectivity index (χ0n) is 8.06. The number of nitrogen functional groups attached to an aromatic ring is 1. The fraction of sp³-hybridized carbons (Fsp3) is 0.111. The molecule has 5 nitrogen and oxygen atoms in total. The van der Waals surface area contributed by atoms with Crippen LogP contribution >= 0.6 is 11.3 Å². The molecule has 0 atom stereocenters. The van der Waals surface area contributed by atoms with E-state index in [1.54, 1.807) is 15.9 Å². The number of aryl methyl sites for hydroxylation is 1. The number of rotatable bonds is 1. The normalized spacial score (nSPS) is 11.3. The Morgan fingerprint density at radius 2 is 2.40 bits per heavy atom. The summed E-state index contributed by atoms with van der Waals surface area (Å²) in [4.78, 5) is 9.19. The number of nitrogens with zero attached hydrogens (tertiary/aromatic N) is 3. The molecule has 0 spiro atoms. The predicted molar refractivity (Wildman–Crippen MR) is 59.8 cm³/mol. The molecule has 3 aromatic heterocycles. The van der Waals surface area contributed by atoms with Crippen molar-refractivity contribution in [3.05, 3.63) is 23.3 Å². The molecule has 0 unspecified atom stereocenters. The number of thiazole rings is 1. The first-order valence-corrected chi connectivity index (χ1v) is 5.32. The third-order valence-electron chi connectivity index (χ3n) is 2.25. The summed E-state index contributed by atoms with van der Waals surface area (Å²) in [5.41, 5.74) is 7.72. The Kier molecular flexibility index (Phi) is 1.60. The van der Waals surface area contributed by atoms with Crippen molar-refractivity contribution in [2.45, 2.75) is 6.92 Å². The van der Waals surface area contributed by atoms with E-state index in [4.69, 9.17) is 5.73 Å². The standard InChI is InChI=1S/C9H9N5S/c1-5-7(6-2-3-11-4-6)14-9(15-5)12-8(10)13-14/h2-4,11H,1H3,(H2,10,13). The third-order valence-corrected chi connectivity index (χ3v) is 3.20. The second-order valence-electron chi connectivity index (χ2n) is 3.27. The minimum Gasteiger partial charge on any atom is -0.367 e. The molecule has 0 aromatic carbocycles. The number of nitrogens with two attached hydrogens (primary N) is 1. The predicted octanol–water partition coefficient (Wildman–Crippen LogP) is 1.68. The molecule has 0 aliphatic carbocycles. The van der Waals surface area contributed by atoms with Crippen LogP contribution in [0.4, 0.5) is 5.95 Å². The summed E-state index contributed by atoms with van der Waals surface area (Å²) in [5, 5.41) is 4.17. The molecule has 0 amide bonds. The van der Waals surface area contributed by atoms with Gasteiger partial charge in [-0.2, -0.15) is 4.98 Å².